The van der Waals surface area contributed by atoms with E-state index in [2.05, 4.69) is 0 Å². The Kier molecular flexibility index (Phi) is 4.44. The summed E-state index contributed by atoms with van der Waals surface area (Å²) in [6.07, 6.45) is 3.61. The molecule has 0 bridgehead atoms. The third-order valence-corrected chi connectivity index (χ3v) is 2.90. The Bertz CT molecular complexity index is 353. The molecule has 2 rings (SSSR count). The number of rotatable bonds is 4. The molecule has 0 aliphatic heterocycles. The van der Waals surface area contributed by atoms with Gasteiger partial charge in [-0.3, -0.25) is 0 Å². The van der Waals surface area contributed by atoms with Crippen LogP contribution in [-0.4, -0.2) is 12.2 Å². The number of nitrogens with two attached hydrogens (primary N) is 1. The maximum Gasteiger partial charge on any atom is 0.127 e. The van der Waals surface area contributed by atoms with Crippen LogP contribution in [0.15, 0.2) is 18.2 Å². The van der Waals surface area contributed by atoms with Gasteiger partial charge in [-0.1, -0.05) is 18.9 Å². The minimum Gasteiger partial charge on any atom is -0.508 e. The summed E-state index contributed by atoms with van der Waals surface area (Å²) in [5, 5.41) is 9.32. The normalized spacial score (nSPS) is 16.4. The zero-order valence-electron chi connectivity index (χ0n) is 9.35. The van der Waals surface area contributed by atoms with E-state index in [1.165, 1.54) is 12.8 Å². The third kappa shape index (κ3) is 3.03. The van der Waals surface area contributed by atoms with Crippen molar-refractivity contribution in [2.45, 2.75) is 25.3 Å². The molecule has 0 heterocycles. The fourth-order valence-electron chi connectivity index (χ4n) is 1.85. The SMILES string of the molecule is COc1cc(O)ccc1[C@@H](N)CC1CC1.Cl. The Morgan fingerprint density at radius 3 is 2.75 bits per heavy atom. The van der Waals surface area contributed by atoms with E-state index in [1.807, 2.05) is 6.07 Å². The summed E-state index contributed by atoms with van der Waals surface area (Å²) >= 11 is 0. The van der Waals surface area contributed by atoms with Crippen molar-refractivity contribution in [2.75, 3.05) is 7.11 Å². The molecule has 1 saturated carbocycles. The minimum atomic E-state index is 0. The van der Waals surface area contributed by atoms with Crippen LogP contribution in [0.5, 0.6) is 11.5 Å². The number of methoxy groups -OCH3 is 1. The van der Waals surface area contributed by atoms with Gasteiger partial charge in [0.1, 0.15) is 11.5 Å². The van der Waals surface area contributed by atoms with Crippen LogP contribution in [0.3, 0.4) is 0 Å². The molecule has 0 amide bonds. The zero-order chi connectivity index (χ0) is 10.8. The summed E-state index contributed by atoms with van der Waals surface area (Å²) in [5.41, 5.74) is 7.09. The number of ether oxygens (including phenoxy) is 1. The summed E-state index contributed by atoms with van der Waals surface area (Å²) in [6, 6.07) is 5.14. The molecule has 90 valence electrons. The summed E-state index contributed by atoms with van der Waals surface area (Å²) in [6.45, 7) is 0. The molecule has 3 N–H and O–H groups in total. The van der Waals surface area contributed by atoms with Crippen molar-refractivity contribution in [2.24, 2.45) is 11.7 Å². The quantitative estimate of drug-likeness (QED) is 0.855. The molecule has 0 spiro atoms. The predicted octanol–water partition coefficient (Wildman–Crippen LogP) is 2.62. The first kappa shape index (κ1) is 13.1. The second kappa shape index (κ2) is 5.41. The monoisotopic (exact) mass is 243 g/mol. The number of phenolic OH excluding ortho intramolecular Hbond substituents is 1. The standard InChI is InChI=1S/C12H17NO2.ClH/c1-15-12-7-9(14)4-5-10(12)11(13)6-8-2-3-8;/h4-5,7-8,11,14H,2-3,6,13H2,1H3;1H/t11-;/m0./s1. The first-order chi connectivity index (χ1) is 7.20. The average molecular weight is 244 g/mol. The van der Waals surface area contributed by atoms with Gasteiger partial charge in [-0.2, -0.15) is 0 Å². The van der Waals surface area contributed by atoms with Crippen LogP contribution in [0, 0.1) is 5.92 Å². The van der Waals surface area contributed by atoms with Crippen molar-refractivity contribution >= 4 is 12.4 Å². The van der Waals surface area contributed by atoms with Crippen molar-refractivity contribution in [1.29, 1.82) is 0 Å². The number of hydrogen-bond donors (Lipinski definition) is 2. The van der Waals surface area contributed by atoms with Gasteiger partial charge in [0.25, 0.3) is 0 Å². The van der Waals surface area contributed by atoms with E-state index in [9.17, 15) is 5.11 Å². The molecule has 1 aromatic carbocycles. The maximum absolute atomic E-state index is 9.32. The van der Waals surface area contributed by atoms with E-state index in [-0.39, 0.29) is 24.2 Å². The van der Waals surface area contributed by atoms with Gasteiger partial charge < -0.3 is 15.6 Å². The second-order valence-corrected chi connectivity index (χ2v) is 4.21. The number of benzene rings is 1. The summed E-state index contributed by atoms with van der Waals surface area (Å²) in [5.74, 6) is 1.69. The fraction of sp³-hybridized carbons (Fsp3) is 0.500. The van der Waals surface area contributed by atoms with Crippen molar-refractivity contribution < 1.29 is 9.84 Å². The van der Waals surface area contributed by atoms with Crippen LogP contribution in [0.25, 0.3) is 0 Å². The maximum atomic E-state index is 9.32. The van der Waals surface area contributed by atoms with Crippen LogP contribution in [0.1, 0.15) is 30.9 Å². The van der Waals surface area contributed by atoms with Crippen LogP contribution in [0.4, 0.5) is 0 Å². The topological polar surface area (TPSA) is 55.5 Å². The van der Waals surface area contributed by atoms with Gasteiger partial charge in [-0.25, -0.2) is 0 Å². The smallest absolute Gasteiger partial charge is 0.127 e. The lowest BCUT2D eigenvalue weighted by Gasteiger charge is -2.15. The first-order valence-corrected chi connectivity index (χ1v) is 5.33. The van der Waals surface area contributed by atoms with Crippen LogP contribution < -0.4 is 10.5 Å². The second-order valence-electron chi connectivity index (χ2n) is 4.21. The van der Waals surface area contributed by atoms with Gasteiger partial charge in [0.05, 0.1) is 7.11 Å². The fourth-order valence-corrected chi connectivity index (χ4v) is 1.85. The van der Waals surface area contributed by atoms with Crippen LogP contribution in [0.2, 0.25) is 0 Å². The molecule has 0 saturated heterocycles. The van der Waals surface area contributed by atoms with Crippen molar-refractivity contribution in [1.82, 2.24) is 0 Å². The molecule has 0 unspecified atom stereocenters. The van der Waals surface area contributed by atoms with Gasteiger partial charge in [0, 0.05) is 17.7 Å². The lowest BCUT2D eigenvalue weighted by Crippen LogP contribution is -2.12. The number of hydrogen-bond acceptors (Lipinski definition) is 3. The van der Waals surface area contributed by atoms with Crippen molar-refractivity contribution in [3.8, 4) is 11.5 Å². The molecule has 1 aromatic rings. The molecule has 1 aliphatic carbocycles. The molecular weight excluding hydrogens is 226 g/mol. The molecule has 0 radical (unpaired) electrons. The molecule has 0 aromatic heterocycles. The van der Waals surface area contributed by atoms with E-state index < -0.39 is 0 Å². The summed E-state index contributed by atoms with van der Waals surface area (Å²) < 4.78 is 5.21. The molecule has 4 heteroatoms. The zero-order valence-corrected chi connectivity index (χ0v) is 10.2. The Hall–Kier alpha value is -0.930. The van der Waals surface area contributed by atoms with Gasteiger partial charge in [0.15, 0.2) is 0 Å². The molecule has 3 nitrogen and oxygen atoms in total. The predicted molar refractivity (Wildman–Crippen MR) is 66.2 cm³/mol. The molecule has 1 aliphatic rings. The summed E-state index contributed by atoms with van der Waals surface area (Å²) in [7, 11) is 1.60. The van der Waals surface area contributed by atoms with Crippen LogP contribution >= 0.6 is 12.4 Å². The Morgan fingerprint density at radius 2 is 2.19 bits per heavy atom. The average Bonchev–Trinajstić information content (AvgIpc) is 3.01. The van der Waals surface area contributed by atoms with Crippen molar-refractivity contribution in [3.63, 3.8) is 0 Å². The van der Waals surface area contributed by atoms with E-state index in [1.54, 1.807) is 19.2 Å². The Morgan fingerprint density at radius 1 is 1.50 bits per heavy atom. The Balaban J connectivity index is 0.00000128. The third-order valence-electron chi connectivity index (χ3n) is 2.90. The number of halogens is 1. The highest BCUT2D eigenvalue weighted by molar-refractivity contribution is 5.85. The van der Waals surface area contributed by atoms with Gasteiger partial charge in [-0.05, 0) is 18.4 Å². The van der Waals surface area contributed by atoms with Crippen LogP contribution in [-0.2, 0) is 0 Å². The van der Waals surface area contributed by atoms with Gasteiger partial charge >= 0.3 is 0 Å². The van der Waals surface area contributed by atoms with E-state index in [0.29, 0.717) is 5.75 Å². The highest BCUT2D eigenvalue weighted by atomic mass is 35.5. The largest absolute Gasteiger partial charge is 0.508 e. The number of phenols is 1. The molecule has 1 fully saturated rings. The van der Waals surface area contributed by atoms with E-state index >= 15 is 0 Å². The highest BCUT2D eigenvalue weighted by Crippen LogP contribution is 2.39. The lowest BCUT2D eigenvalue weighted by molar-refractivity contribution is 0.396. The van der Waals surface area contributed by atoms with E-state index in [0.717, 1.165) is 17.9 Å². The minimum absolute atomic E-state index is 0. The lowest BCUT2D eigenvalue weighted by atomic mass is 10.0. The summed E-state index contributed by atoms with van der Waals surface area (Å²) in [4.78, 5) is 0. The molecule has 1 atom stereocenters. The molecular formula is C12H18ClNO2. The Labute approximate surface area is 102 Å². The van der Waals surface area contributed by atoms with Crippen molar-refractivity contribution in [3.05, 3.63) is 23.8 Å². The van der Waals surface area contributed by atoms with E-state index in [4.69, 9.17) is 10.5 Å². The molecule has 16 heavy (non-hydrogen) atoms. The number of aromatic hydroxyl groups is 1. The van der Waals surface area contributed by atoms with Gasteiger partial charge in [0.2, 0.25) is 0 Å². The van der Waals surface area contributed by atoms with Gasteiger partial charge in [-0.15, -0.1) is 12.4 Å². The highest BCUT2D eigenvalue weighted by Gasteiger charge is 2.25. The first-order valence-electron chi connectivity index (χ1n) is 5.33.